The van der Waals surface area contributed by atoms with Gasteiger partial charge in [0.2, 0.25) is 0 Å². The smallest absolute Gasteiger partial charge is 0.338 e. The number of hydrogen-bond donors (Lipinski definition) is 5. The Labute approximate surface area is 434 Å². The molecule has 4 heterocycles. The van der Waals surface area contributed by atoms with E-state index in [0.29, 0.717) is 44.1 Å². The molecule has 8 aliphatic rings. The van der Waals surface area contributed by atoms with Crippen LogP contribution in [0, 0.1) is 16.7 Å². The molecule has 0 amide bonds. The van der Waals surface area contributed by atoms with Gasteiger partial charge in [0, 0.05) is 52.9 Å². The molecule has 3 saturated carbocycles. The Balaban J connectivity index is 0.799. The summed E-state index contributed by atoms with van der Waals surface area (Å²) in [7, 11) is 4.78. The average Bonchev–Trinajstić information content (AvgIpc) is 3.60. The van der Waals surface area contributed by atoms with Crippen molar-refractivity contribution in [2.75, 3.05) is 21.3 Å². The third-order valence-electron chi connectivity index (χ3n) is 19.1. The van der Waals surface area contributed by atoms with Crippen LogP contribution in [0.15, 0.2) is 42.0 Å². The summed E-state index contributed by atoms with van der Waals surface area (Å²) in [4.78, 5) is 27.0. The van der Waals surface area contributed by atoms with Gasteiger partial charge in [-0.05, 0) is 104 Å². The maximum Gasteiger partial charge on any atom is 0.338 e. The van der Waals surface area contributed by atoms with Gasteiger partial charge in [-0.15, -0.1) is 0 Å². The number of rotatable bonds is 14. The second-order valence-corrected chi connectivity index (χ2v) is 23.0. The van der Waals surface area contributed by atoms with E-state index in [-0.39, 0.29) is 44.3 Å². The van der Waals surface area contributed by atoms with Crippen molar-refractivity contribution in [3.63, 3.8) is 0 Å². The van der Waals surface area contributed by atoms with Gasteiger partial charge in [-0.25, -0.2) is 4.79 Å². The lowest BCUT2D eigenvalue weighted by Gasteiger charge is -2.67. The predicted molar refractivity (Wildman–Crippen MR) is 261 cm³/mol. The molecule has 1 aromatic rings. The van der Waals surface area contributed by atoms with Crippen molar-refractivity contribution in [3.8, 4) is 0 Å². The van der Waals surface area contributed by atoms with Crippen molar-refractivity contribution in [1.82, 2.24) is 0 Å². The highest BCUT2D eigenvalue weighted by Crippen LogP contribution is 2.71. The maximum atomic E-state index is 13.7. The van der Waals surface area contributed by atoms with E-state index in [1.165, 1.54) is 6.92 Å². The van der Waals surface area contributed by atoms with Gasteiger partial charge in [0.05, 0.1) is 65.9 Å². The van der Waals surface area contributed by atoms with E-state index in [1.54, 1.807) is 65.5 Å². The van der Waals surface area contributed by atoms with Crippen molar-refractivity contribution < 1.29 is 92.0 Å². The van der Waals surface area contributed by atoms with Crippen LogP contribution in [-0.2, 0) is 61.6 Å². The average molecular weight is 1050 g/mol. The first-order chi connectivity index (χ1) is 35.0. The number of aliphatic hydroxyl groups is 5. The van der Waals surface area contributed by atoms with E-state index < -0.39 is 144 Å². The highest BCUT2D eigenvalue weighted by Gasteiger charge is 2.81. The number of esters is 1. The second-order valence-electron chi connectivity index (χ2n) is 23.0. The fourth-order valence-electron chi connectivity index (χ4n) is 14.6. The highest BCUT2D eigenvalue weighted by atomic mass is 16.8. The quantitative estimate of drug-likeness (QED) is 0.130. The Hall–Kier alpha value is -2.54. The molecule has 5 N–H and O–H groups in total. The molecule has 4 aliphatic heterocycles. The summed E-state index contributed by atoms with van der Waals surface area (Å²) in [6, 6.07) is 8.48. The fourth-order valence-corrected chi connectivity index (χ4v) is 14.6. The monoisotopic (exact) mass is 1050 g/mol. The maximum absolute atomic E-state index is 13.7. The molecule has 7 fully saturated rings. The molecule has 0 unspecified atom stereocenters. The van der Waals surface area contributed by atoms with Gasteiger partial charge in [-0.2, -0.15) is 0 Å². The van der Waals surface area contributed by atoms with Gasteiger partial charge >= 0.3 is 5.97 Å². The normalized spacial score (nSPS) is 49.4. The third kappa shape index (κ3) is 9.67. The molecule has 74 heavy (non-hydrogen) atoms. The molecule has 0 bridgehead atoms. The molecule has 416 valence electrons. The standard InChI is InChI=1S/C55H82O19/c1-28-46(58)37(63-8)24-43(66-28)73-48-31(4)69-45(26-39(48)65-10)74-49-30(3)68-44(25-38(49)64-9)72-47-29(2)67-42(23-36(47)57)70-35-17-18-51(6)34(22-35)16-19-54(61)40(51)27-41(71-50(59)33-14-12-11-13-15-33)52(7)53(60,32(5)56)20-21-55(52,54)62/h11-16,28-31,35-49,57-58,60-62H,17-27H2,1-10H3/t28-,29-,30-,31-,35+,36+,37+,38-,39-,40-,41-,42+,43+,44+,45+,46-,47-,48-,49-,51+,52-,53-,54+,55-/m1/s1. The van der Waals surface area contributed by atoms with Crippen molar-refractivity contribution in [2.45, 2.75) is 247 Å². The summed E-state index contributed by atoms with van der Waals surface area (Å²) in [6.45, 7) is 12.3. The van der Waals surface area contributed by atoms with Crippen molar-refractivity contribution in [3.05, 3.63) is 47.5 Å². The van der Waals surface area contributed by atoms with Crippen molar-refractivity contribution in [2.24, 2.45) is 16.7 Å². The number of hydrogen-bond acceptors (Lipinski definition) is 19. The lowest BCUT2D eigenvalue weighted by atomic mass is 9.42. The lowest BCUT2D eigenvalue weighted by Crippen LogP contribution is -2.78. The van der Waals surface area contributed by atoms with Crippen LogP contribution in [-0.4, -0.2) is 186 Å². The number of ether oxygens (including phenoxy) is 12. The van der Waals surface area contributed by atoms with Gasteiger partial charge in [0.15, 0.2) is 30.9 Å². The van der Waals surface area contributed by atoms with E-state index in [9.17, 15) is 35.1 Å². The van der Waals surface area contributed by atoms with Crippen LogP contribution in [0.4, 0.5) is 0 Å². The van der Waals surface area contributed by atoms with Crippen LogP contribution in [0.5, 0.6) is 0 Å². The molecule has 19 heteroatoms. The Bertz CT molecular complexity index is 2150. The van der Waals surface area contributed by atoms with E-state index in [1.807, 2.05) is 26.8 Å². The molecule has 0 spiro atoms. The van der Waals surface area contributed by atoms with E-state index in [2.05, 4.69) is 6.92 Å². The van der Waals surface area contributed by atoms with Gasteiger partial charge in [0.25, 0.3) is 0 Å². The number of benzene rings is 1. The van der Waals surface area contributed by atoms with E-state index in [4.69, 9.17) is 56.8 Å². The fraction of sp³-hybridized carbons (Fsp3) is 0.818. The Morgan fingerprint density at radius 1 is 0.649 bits per heavy atom. The Morgan fingerprint density at radius 2 is 1.18 bits per heavy atom. The summed E-state index contributed by atoms with van der Waals surface area (Å²) in [5.41, 5.74) is -6.80. The van der Waals surface area contributed by atoms with Crippen molar-refractivity contribution >= 4 is 11.8 Å². The SMILES string of the molecule is CO[C@H]1C[C@H](O[C@@H]2[C@@H](C)O[C@@H](O[C@@H]3[C@@H](C)O[C@@H](O[C@H]4[C@@H](O)C[C@H](O[C@H]5CC[C@@]6(C)C(=CC[C@]7(O)[C@@H]6C[C@@H](OC(=O)c6ccccc6)[C@@]6(C)[C@]7(O)CC[C@@]6(O)C(C)=O)C5)O[C@@H]4C)C[C@H]3OC)C[C@H]2OC)O[C@H](C)[C@H]1O. The van der Waals surface area contributed by atoms with Crippen LogP contribution in [0.25, 0.3) is 0 Å². The predicted octanol–water partition coefficient (Wildman–Crippen LogP) is 4.18. The molecule has 4 aliphatic carbocycles. The van der Waals surface area contributed by atoms with E-state index >= 15 is 0 Å². The Morgan fingerprint density at radius 3 is 1.73 bits per heavy atom. The molecule has 0 radical (unpaired) electrons. The summed E-state index contributed by atoms with van der Waals surface area (Å²) in [5, 5.41) is 60.0. The molecule has 1 aromatic carbocycles. The number of carbonyl (C=O) groups is 2. The highest BCUT2D eigenvalue weighted by molar-refractivity contribution is 5.90. The van der Waals surface area contributed by atoms with Gasteiger partial charge in [0.1, 0.15) is 47.3 Å². The number of methoxy groups -OCH3 is 3. The van der Waals surface area contributed by atoms with Gasteiger partial charge in [-0.1, -0.05) is 36.8 Å². The van der Waals surface area contributed by atoms with Crippen LogP contribution in [0.3, 0.4) is 0 Å². The number of carbonyl (C=O) groups excluding carboxylic acids is 2. The van der Waals surface area contributed by atoms with Crippen molar-refractivity contribution in [1.29, 1.82) is 0 Å². The van der Waals surface area contributed by atoms with E-state index in [0.717, 1.165) is 5.57 Å². The summed E-state index contributed by atoms with van der Waals surface area (Å²) in [5.74, 6) is -1.79. The minimum absolute atomic E-state index is 0.0561. The van der Waals surface area contributed by atoms with Crippen LogP contribution in [0.2, 0.25) is 0 Å². The van der Waals surface area contributed by atoms with Gasteiger partial charge < -0.3 is 82.4 Å². The first-order valence-corrected chi connectivity index (χ1v) is 26.9. The summed E-state index contributed by atoms with van der Waals surface area (Å²) >= 11 is 0. The van der Waals surface area contributed by atoms with Gasteiger partial charge in [-0.3, -0.25) is 4.79 Å². The Kier molecular flexibility index (Phi) is 16.4. The lowest BCUT2D eigenvalue weighted by molar-refractivity contribution is -0.346. The minimum Gasteiger partial charge on any atom is -0.458 e. The van der Waals surface area contributed by atoms with Crippen LogP contribution < -0.4 is 0 Å². The summed E-state index contributed by atoms with van der Waals surface area (Å²) in [6.07, 6.45) is -6.00. The second kappa shape index (κ2) is 21.6. The molecule has 9 rings (SSSR count). The zero-order valence-corrected chi connectivity index (χ0v) is 44.7. The number of Topliss-reactive ketones (excluding diaryl/α,β-unsaturated/α-hetero) is 1. The molecular weight excluding hydrogens is 965 g/mol. The van der Waals surface area contributed by atoms with Crippen LogP contribution >= 0.6 is 0 Å². The molecule has 24 atom stereocenters. The minimum atomic E-state index is -2.05. The topological polar surface area (TPSA) is 246 Å². The third-order valence-corrected chi connectivity index (χ3v) is 19.1. The number of fused-ring (bicyclic) bond motifs is 5. The molecular formula is C55H82O19. The molecule has 0 aromatic heterocycles. The first kappa shape index (κ1) is 56.2. The largest absolute Gasteiger partial charge is 0.458 e. The van der Waals surface area contributed by atoms with Crippen LogP contribution in [0.1, 0.15) is 129 Å². The number of ketones is 1. The zero-order chi connectivity index (χ0) is 53.3. The molecule has 4 saturated heterocycles. The first-order valence-electron chi connectivity index (χ1n) is 26.9. The summed E-state index contributed by atoms with van der Waals surface area (Å²) < 4.78 is 74.7. The zero-order valence-electron chi connectivity index (χ0n) is 44.7. The molecule has 19 nitrogen and oxygen atoms in total. The number of aliphatic hydroxyl groups excluding tert-OH is 2.